The van der Waals surface area contributed by atoms with Crippen molar-refractivity contribution in [2.24, 2.45) is 0 Å². The minimum Gasteiger partial charge on any atom is -0.466 e. The summed E-state index contributed by atoms with van der Waals surface area (Å²) in [7, 11) is 0. The second-order valence-electron chi connectivity index (χ2n) is 23.9. The lowest BCUT2D eigenvalue weighted by Gasteiger charge is -2.22. The molecule has 0 saturated heterocycles. The highest BCUT2D eigenvalue weighted by Gasteiger charge is 2.20. The van der Waals surface area contributed by atoms with Gasteiger partial charge in [-0.15, -0.1) is 0 Å². The van der Waals surface area contributed by atoms with Crippen molar-refractivity contribution in [3.05, 3.63) is 48.6 Å². The summed E-state index contributed by atoms with van der Waals surface area (Å²) in [6.07, 6.45) is 87.2. The SMILES string of the molecule is CCC/C=C\C/C=C\CCCCCCCC(=O)OCCCCCCCCCCC/C=C\C/C=C\CCCCCCCCCCCC(=O)NC(CO)C(O)CCCCCCCCCCCCCCCCCCCCCCCCC. The van der Waals surface area contributed by atoms with Crippen LogP contribution < -0.4 is 5.32 Å². The van der Waals surface area contributed by atoms with Crippen molar-refractivity contribution >= 4 is 11.9 Å². The van der Waals surface area contributed by atoms with Gasteiger partial charge in [0.25, 0.3) is 0 Å². The van der Waals surface area contributed by atoms with Crippen molar-refractivity contribution in [3.63, 3.8) is 0 Å². The lowest BCUT2D eigenvalue weighted by atomic mass is 10.0. The number of amides is 1. The molecule has 6 heteroatoms. The average molecular weight is 1090 g/mol. The molecule has 0 saturated carbocycles. The summed E-state index contributed by atoms with van der Waals surface area (Å²) >= 11 is 0. The number of carbonyl (C=O) groups excluding carboxylic acids is 2. The molecule has 0 heterocycles. The molecule has 2 atom stereocenters. The Kier molecular flexibility index (Phi) is 65.4. The van der Waals surface area contributed by atoms with E-state index in [1.807, 2.05) is 0 Å². The molecule has 0 spiro atoms. The van der Waals surface area contributed by atoms with Gasteiger partial charge in [0, 0.05) is 12.8 Å². The number of aliphatic hydroxyl groups is 2. The fraction of sp³-hybridized carbons (Fsp3) is 0.861. The maximum absolute atomic E-state index is 12.5. The van der Waals surface area contributed by atoms with Gasteiger partial charge in [0.1, 0.15) is 0 Å². The molecule has 0 aliphatic rings. The number of carbonyl (C=O) groups is 2. The van der Waals surface area contributed by atoms with E-state index in [1.54, 1.807) is 0 Å². The van der Waals surface area contributed by atoms with Crippen LogP contribution in [-0.2, 0) is 14.3 Å². The van der Waals surface area contributed by atoms with Crippen LogP contribution in [0.25, 0.3) is 0 Å². The number of hydrogen-bond acceptors (Lipinski definition) is 5. The number of hydrogen-bond donors (Lipinski definition) is 3. The standard InChI is InChI=1S/C72H135NO5/c1-3-5-7-9-11-13-15-17-18-19-20-21-25-28-31-34-37-41-44-48-52-56-60-64-70(75)69(68-74)73-71(76)65-61-57-53-49-45-42-38-35-32-29-26-23-22-24-27-30-33-36-39-43-47-51-55-59-63-67-78-72(77)66-62-58-54-50-46-40-16-14-12-10-8-6-4-2/h8,10,14,16,23-24,26-27,69-70,74-75H,3-7,9,11-13,15,17-22,25,28-68H2,1-2H3,(H,73,76)/b10-8-,16-14-,26-23-,27-24-. The van der Waals surface area contributed by atoms with Gasteiger partial charge in [-0.1, -0.05) is 326 Å². The Balaban J connectivity index is 3.44. The predicted molar refractivity (Wildman–Crippen MR) is 342 cm³/mol. The van der Waals surface area contributed by atoms with Crippen LogP contribution in [0.1, 0.15) is 373 Å². The molecule has 0 rings (SSSR count). The van der Waals surface area contributed by atoms with Crippen molar-refractivity contribution in [1.29, 1.82) is 0 Å². The molecule has 0 aliphatic heterocycles. The van der Waals surface area contributed by atoms with E-state index in [9.17, 15) is 19.8 Å². The summed E-state index contributed by atoms with van der Waals surface area (Å²) in [5.41, 5.74) is 0. The first-order chi connectivity index (χ1) is 38.5. The van der Waals surface area contributed by atoms with Gasteiger partial charge in [-0.3, -0.25) is 9.59 Å². The largest absolute Gasteiger partial charge is 0.466 e. The highest BCUT2D eigenvalue weighted by atomic mass is 16.5. The van der Waals surface area contributed by atoms with Crippen molar-refractivity contribution in [1.82, 2.24) is 5.32 Å². The van der Waals surface area contributed by atoms with Crippen LogP contribution in [-0.4, -0.2) is 47.4 Å². The van der Waals surface area contributed by atoms with Crippen LogP contribution in [0.15, 0.2) is 48.6 Å². The van der Waals surface area contributed by atoms with E-state index in [1.165, 1.54) is 283 Å². The monoisotopic (exact) mass is 1090 g/mol. The number of ether oxygens (including phenoxy) is 1. The summed E-state index contributed by atoms with van der Waals surface area (Å²) < 4.78 is 5.47. The molecule has 0 aromatic rings. The van der Waals surface area contributed by atoms with Crippen molar-refractivity contribution in [2.75, 3.05) is 13.2 Å². The van der Waals surface area contributed by atoms with Gasteiger partial charge >= 0.3 is 5.97 Å². The van der Waals surface area contributed by atoms with Crippen molar-refractivity contribution in [3.8, 4) is 0 Å². The number of esters is 1. The van der Waals surface area contributed by atoms with Crippen LogP contribution in [0, 0.1) is 0 Å². The Morgan fingerprint density at radius 2 is 0.667 bits per heavy atom. The first kappa shape index (κ1) is 75.8. The molecule has 1 amide bonds. The van der Waals surface area contributed by atoms with Crippen molar-refractivity contribution < 1.29 is 24.5 Å². The van der Waals surface area contributed by atoms with E-state index in [2.05, 4.69) is 67.8 Å². The molecule has 0 aromatic carbocycles. The van der Waals surface area contributed by atoms with Gasteiger partial charge in [-0.25, -0.2) is 0 Å². The highest BCUT2D eigenvalue weighted by molar-refractivity contribution is 5.76. The number of allylic oxidation sites excluding steroid dienone is 8. The van der Waals surface area contributed by atoms with Crippen LogP contribution in [0.5, 0.6) is 0 Å². The van der Waals surface area contributed by atoms with Gasteiger partial charge in [-0.05, 0) is 83.5 Å². The summed E-state index contributed by atoms with van der Waals surface area (Å²) in [5.74, 6) is -0.0439. The van der Waals surface area contributed by atoms with Gasteiger partial charge < -0.3 is 20.3 Å². The van der Waals surface area contributed by atoms with Gasteiger partial charge in [0.05, 0.1) is 25.4 Å². The molecule has 6 nitrogen and oxygen atoms in total. The Morgan fingerprint density at radius 3 is 1.03 bits per heavy atom. The van der Waals surface area contributed by atoms with Crippen LogP contribution in [0.2, 0.25) is 0 Å². The molecule has 3 N–H and O–H groups in total. The minimum absolute atomic E-state index is 0.00619. The van der Waals surface area contributed by atoms with E-state index < -0.39 is 12.1 Å². The third-order valence-electron chi connectivity index (χ3n) is 16.1. The topological polar surface area (TPSA) is 95.9 Å². The molecule has 78 heavy (non-hydrogen) atoms. The first-order valence-electron chi connectivity index (χ1n) is 34.9. The molecule has 0 aromatic heterocycles. The molecule has 0 radical (unpaired) electrons. The van der Waals surface area contributed by atoms with Crippen LogP contribution >= 0.6 is 0 Å². The third-order valence-corrected chi connectivity index (χ3v) is 16.1. The molecular formula is C72H135NO5. The Bertz CT molecular complexity index is 1310. The molecular weight excluding hydrogens is 959 g/mol. The molecule has 2 unspecified atom stereocenters. The Morgan fingerprint density at radius 1 is 0.359 bits per heavy atom. The second kappa shape index (κ2) is 67.3. The molecule has 0 fully saturated rings. The Hall–Kier alpha value is -2.18. The number of rotatable bonds is 65. The minimum atomic E-state index is -0.671. The summed E-state index contributed by atoms with van der Waals surface area (Å²) in [6, 6.07) is -0.548. The van der Waals surface area contributed by atoms with E-state index in [-0.39, 0.29) is 18.5 Å². The molecule has 458 valence electrons. The smallest absolute Gasteiger partial charge is 0.305 e. The number of nitrogens with one attached hydrogen (secondary N) is 1. The van der Waals surface area contributed by atoms with E-state index in [4.69, 9.17) is 4.74 Å². The average Bonchev–Trinajstić information content (AvgIpc) is 3.44. The van der Waals surface area contributed by atoms with Gasteiger partial charge in [0.2, 0.25) is 5.91 Å². The quantitative estimate of drug-likeness (QED) is 0.0320. The summed E-state index contributed by atoms with van der Waals surface area (Å²) in [5, 5.41) is 23.4. The van der Waals surface area contributed by atoms with Crippen LogP contribution in [0.3, 0.4) is 0 Å². The summed E-state index contributed by atoms with van der Waals surface area (Å²) in [4.78, 5) is 24.6. The lowest BCUT2D eigenvalue weighted by Crippen LogP contribution is -2.45. The Labute approximate surface area is 486 Å². The second-order valence-corrected chi connectivity index (χ2v) is 23.9. The predicted octanol–water partition coefficient (Wildman–Crippen LogP) is 22.5. The van der Waals surface area contributed by atoms with Gasteiger partial charge in [-0.2, -0.15) is 0 Å². The zero-order valence-electron chi connectivity index (χ0n) is 52.4. The molecule has 0 aliphatic carbocycles. The lowest BCUT2D eigenvalue weighted by molar-refractivity contribution is -0.143. The summed E-state index contributed by atoms with van der Waals surface area (Å²) in [6.45, 7) is 4.90. The number of unbranched alkanes of at least 4 members (excludes halogenated alkanes) is 46. The van der Waals surface area contributed by atoms with Crippen molar-refractivity contribution in [2.45, 2.75) is 386 Å². The first-order valence-corrected chi connectivity index (χ1v) is 34.9. The third kappa shape index (κ3) is 63.0. The van der Waals surface area contributed by atoms with E-state index in [0.717, 1.165) is 57.8 Å². The molecule has 0 bridgehead atoms. The van der Waals surface area contributed by atoms with Gasteiger partial charge in [0.15, 0.2) is 0 Å². The highest BCUT2D eigenvalue weighted by Crippen LogP contribution is 2.18. The van der Waals surface area contributed by atoms with E-state index >= 15 is 0 Å². The normalized spacial score (nSPS) is 12.8. The maximum atomic E-state index is 12.5. The fourth-order valence-electron chi connectivity index (χ4n) is 10.8. The maximum Gasteiger partial charge on any atom is 0.305 e. The fourth-order valence-corrected chi connectivity index (χ4v) is 10.8. The zero-order chi connectivity index (χ0) is 56.4. The van der Waals surface area contributed by atoms with E-state index in [0.29, 0.717) is 25.9 Å². The zero-order valence-corrected chi connectivity index (χ0v) is 52.4. The van der Waals surface area contributed by atoms with Crippen LogP contribution in [0.4, 0.5) is 0 Å². The number of aliphatic hydroxyl groups excluding tert-OH is 2.